The lowest BCUT2D eigenvalue weighted by Gasteiger charge is -2.08. The average molecular weight is 333 g/mol. The maximum Gasteiger partial charge on any atom is 0.224 e. The summed E-state index contributed by atoms with van der Waals surface area (Å²) >= 11 is 3.39. The molecule has 3 N–H and O–H groups in total. The second-order valence-corrected chi connectivity index (χ2v) is 5.63. The fourth-order valence-electron chi connectivity index (χ4n) is 1.98. The van der Waals surface area contributed by atoms with Crippen molar-refractivity contribution in [2.75, 3.05) is 11.1 Å². The predicted octanol–water partition coefficient (Wildman–Crippen LogP) is 3.91. The third-order valence-corrected chi connectivity index (χ3v) is 3.68. The summed E-state index contributed by atoms with van der Waals surface area (Å²) in [5.41, 5.74) is 9.43. The summed E-state index contributed by atoms with van der Waals surface area (Å²) in [6.45, 7) is 2.05. The normalized spacial score (nSPS) is 10.3. The molecule has 0 unspecified atom stereocenters. The van der Waals surface area contributed by atoms with Crippen LogP contribution < -0.4 is 11.1 Å². The van der Waals surface area contributed by atoms with Crippen LogP contribution in [0.25, 0.3) is 0 Å². The number of nitrogen functional groups attached to an aromatic ring is 1. The van der Waals surface area contributed by atoms with Gasteiger partial charge in [-0.15, -0.1) is 0 Å². The van der Waals surface area contributed by atoms with Crippen molar-refractivity contribution < 1.29 is 4.79 Å². The van der Waals surface area contributed by atoms with Crippen LogP contribution in [0.3, 0.4) is 0 Å². The quantitative estimate of drug-likeness (QED) is 0.834. The van der Waals surface area contributed by atoms with Crippen LogP contribution in [0, 0.1) is 6.92 Å². The summed E-state index contributed by atoms with van der Waals surface area (Å²) < 4.78 is 0.829. The third-order valence-electron chi connectivity index (χ3n) is 2.99. The van der Waals surface area contributed by atoms with Gasteiger partial charge in [0.15, 0.2) is 0 Å². The Bertz CT molecular complexity index is 626. The van der Waals surface area contributed by atoms with E-state index in [0.29, 0.717) is 17.8 Å². The Morgan fingerprint density at radius 1 is 1.25 bits per heavy atom. The van der Waals surface area contributed by atoms with Gasteiger partial charge in [0.2, 0.25) is 5.91 Å². The third kappa shape index (κ3) is 4.10. The van der Waals surface area contributed by atoms with Crippen molar-refractivity contribution in [1.82, 2.24) is 0 Å². The van der Waals surface area contributed by atoms with Crippen LogP contribution in [-0.2, 0) is 11.2 Å². The molecular formula is C16H17BrN2O. The molecule has 0 heterocycles. The minimum absolute atomic E-state index is 0.0159. The van der Waals surface area contributed by atoms with Gasteiger partial charge in [-0.25, -0.2) is 0 Å². The molecule has 4 heteroatoms. The van der Waals surface area contributed by atoms with Crippen LogP contribution in [0.15, 0.2) is 46.9 Å². The second kappa shape index (κ2) is 6.57. The van der Waals surface area contributed by atoms with Crippen LogP contribution in [-0.4, -0.2) is 5.91 Å². The Kier molecular flexibility index (Phi) is 4.79. The number of aryl methyl sites for hydroxylation is 2. The van der Waals surface area contributed by atoms with Crippen molar-refractivity contribution in [2.24, 2.45) is 0 Å². The van der Waals surface area contributed by atoms with E-state index in [4.69, 9.17) is 5.73 Å². The van der Waals surface area contributed by atoms with Crippen molar-refractivity contribution in [2.45, 2.75) is 19.8 Å². The molecule has 3 nitrogen and oxygen atoms in total. The first kappa shape index (κ1) is 14.6. The lowest BCUT2D eigenvalue weighted by atomic mass is 10.1. The molecule has 2 aromatic carbocycles. The van der Waals surface area contributed by atoms with Crippen LogP contribution in [0.4, 0.5) is 11.4 Å². The Morgan fingerprint density at radius 2 is 2.05 bits per heavy atom. The molecule has 0 fully saturated rings. The van der Waals surface area contributed by atoms with E-state index in [9.17, 15) is 4.79 Å². The van der Waals surface area contributed by atoms with E-state index in [2.05, 4.69) is 27.3 Å². The maximum absolute atomic E-state index is 12.0. The number of benzene rings is 2. The van der Waals surface area contributed by atoms with E-state index in [1.807, 2.05) is 31.2 Å². The highest BCUT2D eigenvalue weighted by molar-refractivity contribution is 9.10. The summed E-state index contributed by atoms with van der Waals surface area (Å²) in [5.74, 6) is -0.0159. The van der Waals surface area contributed by atoms with E-state index < -0.39 is 0 Å². The van der Waals surface area contributed by atoms with Crippen LogP contribution in [0.5, 0.6) is 0 Å². The SMILES string of the molecule is Cc1cccc(CCC(=O)Nc2cc(N)ccc2Br)c1. The lowest BCUT2D eigenvalue weighted by Crippen LogP contribution is -2.13. The van der Waals surface area contributed by atoms with Crippen molar-refractivity contribution in [3.8, 4) is 0 Å². The van der Waals surface area contributed by atoms with Crippen molar-refractivity contribution in [3.05, 3.63) is 58.1 Å². The number of hydrogen-bond donors (Lipinski definition) is 2. The molecule has 0 saturated carbocycles. The summed E-state index contributed by atoms with van der Waals surface area (Å²) in [5, 5.41) is 2.87. The minimum Gasteiger partial charge on any atom is -0.399 e. The van der Waals surface area contributed by atoms with Gasteiger partial charge in [0.25, 0.3) is 0 Å². The highest BCUT2D eigenvalue weighted by atomic mass is 79.9. The fraction of sp³-hybridized carbons (Fsp3) is 0.188. The first-order valence-electron chi connectivity index (χ1n) is 6.45. The molecule has 0 aromatic heterocycles. The second-order valence-electron chi connectivity index (χ2n) is 4.78. The molecule has 1 amide bonds. The van der Waals surface area contributed by atoms with Gasteiger partial charge < -0.3 is 11.1 Å². The summed E-state index contributed by atoms with van der Waals surface area (Å²) in [6.07, 6.45) is 1.18. The van der Waals surface area contributed by atoms with Gasteiger partial charge in [-0.3, -0.25) is 4.79 Å². The largest absolute Gasteiger partial charge is 0.399 e. The number of amides is 1. The number of nitrogens with one attached hydrogen (secondary N) is 1. The summed E-state index contributed by atoms with van der Waals surface area (Å²) in [4.78, 5) is 12.0. The first-order valence-corrected chi connectivity index (χ1v) is 7.24. The molecule has 0 spiro atoms. The molecule has 0 saturated heterocycles. The van der Waals surface area contributed by atoms with Gasteiger partial charge in [-0.05, 0) is 53.0 Å². The Hall–Kier alpha value is -1.81. The van der Waals surface area contributed by atoms with Gasteiger partial charge in [0.05, 0.1) is 5.69 Å². The Labute approximate surface area is 127 Å². The standard InChI is InChI=1S/C16H17BrN2O/c1-11-3-2-4-12(9-11)5-8-16(20)19-15-10-13(18)6-7-14(15)17/h2-4,6-7,9-10H,5,8,18H2,1H3,(H,19,20). The van der Waals surface area contributed by atoms with E-state index in [-0.39, 0.29) is 5.91 Å². The van der Waals surface area contributed by atoms with Crippen molar-refractivity contribution in [3.63, 3.8) is 0 Å². The zero-order chi connectivity index (χ0) is 14.5. The number of nitrogens with two attached hydrogens (primary N) is 1. The van der Waals surface area contributed by atoms with Gasteiger partial charge in [-0.1, -0.05) is 29.8 Å². The topological polar surface area (TPSA) is 55.1 Å². The van der Waals surface area contributed by atoms with Gasteiger partial charge in [-0.2, -0.15) is 0 Å². The van der Waals surface area contributed by atoms with Gasteiger partial charge in [0, 0.05) is 16.6 Å². The highest BCUT2D eigenvalue weighted by Crippen LogP contribution is 2.24. The summed E-state index contributed by atoms with van der Waals surface area (Å²) in [6, 6.07) is 13.6. The predicted molar refractivity (Wildman–Crippen MR) is 86.7 cm³/mol. The molecular weight excluding hydrogens is 316 g/mol. The van der Waals surface area contributed by atoms with Crippen molar-refractivity contribution in [1.29, 1.82) is 0 Å². The molecule has 2 aromatic rings. The van der Waals surface area contributed by atoms with Crippen LogP contribution in [0.1, 0.15) is 17.5 Å². The molecule has 0 bridgehead atoms. The van der Waals surface area contributed by atoms with Gasteiger partial charge >= 0.3 is 0 Å². The molecule has 0 aliphatic rings. The van der Waals surface area contributed by atoms with Crippen LogP contribution >= 0.6 is 15.9 Å². The van der Waals surface area contributed by atoms with Crippen LogP contribution in [0.2, 0.25) is 0 Å². The molecule has 20 heavy (non-hydrogen) atoms. The number of anilines is 2. The number of rotatable bonds is 4. The fourth-order valence-corrected chi connectivity index (χ4v) is 2.32. The highest BCUT2D eigenvalue weighted by Gasteiger charge is 2.06. The molecule has 0 radical (unpaired) electrons. The zero-order valence-electron chi connectivity index (χ0n) is 11.3. The molecule has 0 atom stereocenters. The molecule has 104 valence electrons. The molecule has 0 aliphatic heterocycles. The Balaban J connectivity index is 1.94. The zero-order valence-corrected chi connectivity index (χ0v) is 12.9. The molecule has 2 rings (SSSR count). The average Bonchev–Trinajstić information content (AvgIpc) is 2.41. The monoisotopic (exact) mass is 332 g/mol. The lowest BCUT2D eigenvalue weighted by molar-refractivity contribution is -0.116. The van der Waals surface area contributed by atoms with E-state index in [1.165, 1.54) is 11.1 Å². The van der Waals surface area contributed by atoms with Crippen molar-refractivity contribution >= 4 is 33.2 Å². The van der Waals surface area contributed by atoms with E-state index in [0.717, 1.165) is 10.9 Å². The summed E-state index contributed by atoms with van der Waals surface area (Å²) in [7, 11) is 0. The maximum atomic E-state index is 12.0. The van der Waals surface area contributed by atoms with Gasteiger partial charge in [0.1, 0.15) is 0 Å². The van der Waals surface area contributed by atoms with E-state index >= 15 is 0 Å². The smallest absolute Gasteiger partial charge is 0.224 e. The first-order chi connectivity index (χ1) is 9.54. The number of halogens is 1. The number of hydrogen-bond acceptors (Lipinski definition) is 2. The number of carbonyl (C=O) groups excluding carboxylic acids is 1. The Morgan fingerprint density at radius 3 is 2.80 bits per heavy atom. The van der Waals surface area contributed by atoms with E-state index in [1.54, 1.807) is 12.1 Å². The number of carbonyl (C=O) groups is 1. The minimum atomic E-state index is -0.0159. The molecule has 0 aliphatic carbocycles.